The Kier molecular flexibility index (Phi) is 4.81. The molecule has 0 fully saturated rings. The summed E-state index contributed by atoms with van der Waals surface area (Å²) < 4.78 is 12.5. The molecule has 0 unspecified atom stereocenters. The van der Waals surface area contributed by atoms with E-state index in [4.69, 9.17) is 9.47 Å². The van der Waals surface area contributed by atoms with Crippen LogP contribution in [-0.4, -0.2) is 23.4 Å². The Morgan fingerprint density at radius 3 is 2.40 bits per heavy atom. The van der Waals surface area contributed by atoms with Crippen LogP contribution in [0.2, 0.25) is 0 Å². The molecule has 1 amide bonds. The summed E-state index contributed by atoms with van der Waals surface area (Å²) in [5, 5.41) is 5.79. The van der Waals surface area contributed by atoms with Crippen LogP contribution in [-0.2, 0) is 15.3 Å². The zero-order valence-corrected chi connectivity index (χ0v) is 15.9. The molecule has 1 aliphatic rings. The predicted octanol–water partition coefficient (Wildman–Crippen LogP) is 4.26. The lowest BCUT2D eigenvalue weighted by Crippen LogP contribution is -2.41. The Morgan fingerprint density at radius 2 is 1.84 bits per heavy atom. The van der Waals surface area contributed by atoms with Gasteiger partial charge < -0.3 is 9.47 Å². The molecule has 6 heteroatoms. The van der Waals surface area contributed by atoms with Crippen molar-refractivity contribution in [3.05, 3.63) is 64.1 Å². The molecule has 5 nitrogen and oxygen atoms in total. The summed E-state index contributed by atoms with van der Waals surface area (Å²) in [7, 11) is 0. The van der Waals surface area contributed by atoms with E-state index in [2.05, 4.69) is 21.0 Å². The molecule has 1 atom stereocenters. The topological polar surface area (TPSA) is 51.1 Å². The van der Waals surface area contributed by atoms with Crippen molar-refractivity contribution in [3.63, 3.8) is 0 Å². The maximum atomic E-state index is 12.1. The molecular weight excluding hydrogens is 384 g/mol. The number of nitrogens with zero attached hydrogens (tertiary/aromatic N) is 2. The molecule has 0 bridgehead atoms. The van der Waals surface area contributed by atoms with Crippen molar-refractivity contribution in [1.82, 2.24) is 5.01 Å². The van der Waals surface area contributed by atoms with Crippen molar-refractivity contribution < 1.29 is 14.3 Å². The third-order valence-corrected chi connectivity index (χ3v) is 4.51. The van der Waals surface area contributed by atoms with Crippen LogP contribution in [0.3, 0.4) is 0 Å². The fraction of sp³-hybridized carbons (Fsp3) is 0.263. The normalized spacial score (nSPS) is 19.4. The van der Waals surface area contributed by atoms with Crippen molar-refractivity contribution in [2.45, 2.75) is 26.5 Å². The van der Waals surface area contributed by atoms with Crippen molar-refractivity contribution in [1.29, 1.82) is 0 Å². The quantitative estimate of drug-likeness (QED) is 0.767. The van der Waals surface area contributed by atoms with Gasteiger partial charge in [0.05, 0.1) is 6.61 Å². The van der Waals surface area contributed by atoms with E-state index in [0.29, 0.717) is 12.5 Å². The number of carbonyl (C=O) groups excluding carboxylic acids is 1. The van der Waals surface area contributed by atoms with Gasteiger partial charge in [-0.1, -0.05) is 28.1 Å². The number of hydrogen-bond acceptors (Lipinski definition) is 4. The van der Waals surface area contributed by atoms with Crippen molar-refractivity contribution in [3.8, 4) is 5.75 Å². The highest BCUT2D eigenvalue weighted by Crippen LogP contribution is 2.37. The van der Waals surface area contributed by atoms with Crippen molar-refractivity contribution >= 4 is 27.7 Å². The molecule has 0 aliphatic carbocycles. The first-order valence-electron chi connectivity index (χ1n) is 8.01. The third-order valence-electron chi connectivity index (χ3n) is 3.98. The smallest absolute Gasteiger partial charge is 0.243 e. The minimum atomic E-state index is -0.986. The van der Waals surface area contributed by atoms with E-state index in [1.54, 1.807) is 0 Å². The fourth-order valence-electron chi connectivity index (χ4n) is 2.73. The summed E-state index contributed by atoms with van der Waals surface area (Å²) in [5.74, 6) is 0.999. The summed E-state index contributed by atoms with van der Waals surface area (Å²) in [6.45, 7) is 5.86. The van der Waals surface area contributed by atoms with E-state index < -0.39 is 5.72 Å². The van der Waals surface area contributed by atoms with E-state index in [9.17, 15) is 4.79 Å². The second kappa shape index (κ2) is 6.88. The van der Waals surface area contributed by atoms with Gasteiger partial charge in [0, 0.05) is 29.4 Å². The summed E-state index contributed by atoms with van der Waals surface area (Å²) in [5.41, 5.74) is 0.645. The van der Waals surface area contributed by atoms with Gasteiger partial charge in [0.25, 0.3) is 0 Å². The van der Waals surface area contributed by atoms with Gasteiger partial charge in [-0.05, 0) is 43.3 Å². The number of rotatable bonds is 4. The average Bonchev–Trinajstić information content (AvgIpc) is 2.95. The summed E-state index contributed by atoms with van der Waals surface area (Å²) >= 11 is 3.42. The van der Waals surface area contributed by atoms with E-state index in [-0.39, 0.29) is 5.91 Å². The van der Waals surface area contributed by atoms with Gasteiger partial charge in [-0.25, -0.2) is 0 Å². The SMILES string of the molecule is CCOc1ccc(C2=NN(C(C)=O)[C@@](C)(c3ccc(Br)cc3)O2)cc1. The Labute approximate surface area is 155 Å². The van der Waals surface area contributed by atoms with Gasteiger partial charge in [-0.15, -0.1) is 5.10 Å². The third kappa shape index (κ3) is 3.39. The zero-order valence-electron chi connectivity index (χ0n) is 14.3. The second-order valence-corrected chi connectivity index (χ2v) is 6.70. The highest BCUT2D eigenvalue weighted by Gasteiger charge is 2.44. The van der Waals surface area contributed by atoms with E-state index in [1.165, 1.54) is 11.9 Å². The molecule has 0 saturated heterocycles. The minimum Gasteiger partial charge on any atom is -0.494 e. The van der Waals surface area contributed by atoms with Gasteiger partial charge in [0.2, 0.25) is 17.5 Å². The van der Waals surface area contributed by atoms with Crippen LogP contribution in [0.1, 0.15) is 31.9 Å². The first kappa shape index (κ1) is 17.5. The van der Waals surface area contributed by atoms with Crippen LogP contribution in [0.4, 0.5) is 0 Å². The molecule has 2 aromatic rings. The van der Waals surface area contributed by atoms with Crippen LogP contribution >= 0.6 is 15.9 Å². The average molecular weight is 403 g/mol. The molecule has 2 aromatic carbocycles. The van der Waals surface area contributed by atoms with E-state index in [0.717, 1.165) is 21.3 Å². The second-order valence-electron chi connectivity index (χ2n) is 5.79. The molecule has 0 aromatic heterocycles. The van der Waals surface area contributed by atoms with Crippen LogP contribution < -0.4 is 4.74 Å². The maximum Gasteiger partial charge on any atom is 0.243 e. The van der Waals surface area contributed by atoms with Gasteiger partial charge in [0.1, 0.15) is 5.75 Å². The number of hydrogen-bond donors (Lipinski definition) is 0. The lowest BCUT2D eigenvalue weighted by atomic mass is 10.0. The maximum absolute atomic E-state index is 12.1. The molecule has 3 rings (SSSR count). The molecule has 130 valence electrons. The van der Waals surface area contributed by atoms with E-state index >= 15 is 0 Å². The van der Waals surface area contributed by atoms with Gasteiger partial charge in [0.15, 0.2) is 0 Å². The molecule has 25 heavy (non-hydrogen) atoms. The molecular formula is C19H19BrN2O3. The van der Waals surface area contributed by atoms with Crippen LogP contribution in [0, 0.1) is 0 Å². The molecule has 0 spiro atoms. The Balaban J connectivity index is 1.94. The first-order chi connectivity index (χ1) is 11.9. The first-order valence-corrected chi connectivity index (χ1v) is 8.81. The standard InChI is InChI=1S/C19H19BrN2O3/c1-4-24-17-11-5-14(6-12-17)18-21-22(13(2)23)19(3,25-18)15-7-9-16(20)10-8-15/h5-12H,4H2,1-3H3/t19-/m1/s1. The number of carbonyl (C=O) groups is 1. The van der Waals surface area contributed by atoms with Gasteiger partial charge >= 0.3 is 0 Å². The van der Waals surface area contributed by atoms with Crippen molar-refractivity contribution in [2.75, 3.05) is 6.61 Å². The molecule has 1 heterocycles. The summed E-state index contributed by atoms with van der Waals surface area (Å²) in [6, 6.07) is 15.1. The van der Waals surface area contributed by atoms with E-state index in [1.807, 2.05) is 62.4 Å². The van der Waals surface area contributed by atoms with Gasteiger partial charge in [-0.3, -0.25) is 4.79 Å². The number of amides is 1. The number of benzene rings is 2. The number of ether oxygens (including phenoxy) is 2. The fourth-order valence-corrected chi connectivity index (χ4v) is 2.99. The van der Waals surface area contributed by atoms with Crippen LogP contribution in [0.15, 0.2) is 58.1 Å². The number of hydrazone groups is 1. The lowest BCUT2D eigenvalue weighted by Gasteiger charge is -2.31. The number of halogens is 1. The monoisotopic (exact) mass is 402 g/mol. The minimum absolute atomic E-state index is 0.189. The van der Waals surface area contributed by atoms with Crippen LogP contribution in [0.5, 0.6) is 5.75 Å². The van der Waals surface area contributed by atoms with Crippen LogP contribution in [0.25, 0.3) is 0 Å². The Bertz CT molecular complexity index is 802. The Hall–Kier alpha value is -2.34. The largest absolute Gasteiger partial charge is 0.494 e. The molecule has 1 aliphatic heterocycles. The summed E-state index contributed by atoms with van der Waals surface area (Å²) in [4.78, 5) is 12.1. The molecule has 0 N–H and O–H groups in total. The lowest BCUT2D eigenvalue weighted by molar-refractivity contribution is -0.146. The highest BCUT2D eigenvalue weighted by molar-refractivity contribution is 9.10. The molecule has 0 saturated carbocycles. The van der Waals surface area contributed by atoms with Crippen molar-refractivity contribution in [2.24, 2.45) is 5.10 Å². The summed E-state index contributed by atoms with van der Waals surface area (Å²) in [6.07, 6.45) is 0. The zero-order chi connectivity index (χ0) is 18.0. The molecule has 0 radical (unpaired) electrons. The highest BCUT2D eigenvalue weighted by atomic mass is 79.9. The predicted molar refractivity (Wildman–Crippen MR) is 99.2 cm³/mol. The van der Waals surface area contributed by atoms with Gasteiger partial charge in [-0.2, -0.15) is 5.01 Å². The Morgan fingerprint density at radius 1 is 1.20 bits per heavy atom.